The molecule has 0 aromatic carbocycles. The number of hydrogen-bond acceptors (Lipinski definition) is 4. The summed E-state index contributed by atoms with van der Waals surface area (Å²) in [5.74, 6) is -5.00. The first-order valence-corrected chi connectivity index (χ1v) is 5.46. The SMILES string of the molecule is CC(C(=O)O)S(=O)(=O)NCC(F)(F)CN. The number of aliphatic carboxylic acids is 1. The number of carboxylic acids is 1. The molecule has 15 heavy (non-hydrogen) atoms. The Bertz CT molecular complexity index is 330. The van der Waals surface area contributed by atoms with E-state index in [0.29, 0.717) is 0 Å². The highest BCUT2D eigenvalue weighted by Gasteiger charge is 2.33. The van der Waals surface area contributed by atoms with Crippen LogP contribution in [-0.2, 0) is 14.8 Å². The molecule has 0 aromatic rings. The van der Waals surface area contributed by atoms with Crippen LogP contribution in [0, 0.1) is 0 Å². The first kappa shape index (κ1) is 14.2. The first-order chi connectivity index (χ1) is 6.62. The van der Waals surface area contributed by atoms with E-state index < -0.39 is 40.3 Å². The molecule has 90 valence electrons. The molecule has 4 N–H and O–H groups in total. The molecular formula is C6H12F2N2O4S. The van der Waals surface area contributed by atoms with Crippen LogP contribution in [0.1, 0.15) is 6.92 Å². The lowest BCUT2D eigenvalue weighted by molar-refractivity contribution is -0.136. The molecule has 0 rings (SSSR count). The van der Waals surface area contributed by atoms with Crippen LogP contribution in [0.3, 0.4) is 0 Å². The molecule has 1 unspecified atom stereocenters. The van der Waals surface area contributed by atoms with Gasteiger partial charge in [-0.15, -0.1) is 0 Å². The van der Waals surface area contributed by atoms with Gasteiger partial charge < -0.3 is 10.8 Å². The van der Waals surface area contributed by atoms with Crippen molar-refractivity contribution in [3.63, 3.8) is 0 Å². The maximum atomic E-state index is 12.5. The number of nitrogens with one attached hydrogen (secondary N) is 1. The number of halogens is 2. The summed E-state index contributed by atoms with van der Waals surface area (Å²) in [4.78, 5) is 10.3. The van der Waals surface area contributed by atoms with Crippen molar-refractivity contribution in [1.29, 1.82) is 0 Å². The van der Waals surface area contributed by atoms with Gasteiger partial charge >= 0.3 is 5.97 Å². The molecule has 0 radical (unpaired) electrons. The fraction of sp³-hybridized carbons (Fsp3) is 0.833. The van der Waals surface area contributed by atoms with Gasteiger partial charge in [0.05, 0.1) is 13.1 Å². The standard InChI is InChI=1S/C6H12F2N2O4S/c1-4(5(11)12)15(13,14)10-3-6(7,8)2-9/h4,10H,2-3,9H2,1H3,(H,11,12). The zero-order chi connectivity index (χ0) is 12.3. The monoisotopic (exact) mass is 246 g/mol. The van der Waals surface area contributed by atoms with Gasteiger partial charge in [0, 0.05) is 0 Å². The molecule has 0 aliphatic carbocycles. The Morgan fingerprint density at radius 1 is 1.60 bits per heavy atom. The Morgan fingerprint density at radius 2 is 2.07 bits per heavy atom. The smallest absolute Gasteiger partial charge is 0.323 e. The van der Waals surface area contributed by atoms with Crippen LogP contribution in [0.15, 0.2) is 0 Å². The fourth-order valence-corrected chi connectivity index (χ4v) is 1.46. The third-order valence-electron chi connectivity index (χ3n) is 1.64. The lowest BCUT2D eigenvalue weighted by Crippen LogP contribution is -2.45. The van der Waals surface area contributed by atoms with Gasteiger partial charge in [-0.3, -0.25) is 4.79 Å². The minimum Gasteiger partial charge on any atom is -0.480 e. The molecule has 0 fully saturated rings. The number of rotatable bonds is 6. The average molecular weight is 246 g/mol. The predicted molar refractivity (Wildman–Crippen MR) is 48.0 cm³/mol. The summed E-state index contributed by atoms with van der Waals surface area (Å²) >= 11 is 0. The van der Waals surface area contributed by atoms with Crippen LogP contribution < -0.4 is 10.5 Å². The molecule has 0 bridgehead atoms. The number of carbonyl (C=O) groups is 1. The summed E-state index contributed by atoms with van der Waals surface area (Å²) in [6, 6.07) is 0. The first-order valence-electron chi connectivity index (χ1n) is 3.91. The highest BCUT2D eigenvalue weighted by molar-refractivity contribution is 7.90. The van der Waals surface area contributed by atoms with E-state index in [2.05, 4.69) is 5.73 Å². The van der Waals surface area contributed by atoms with Crippen molar-refractivity contribution in [2.24, 2.45) is 5.73 Å². The summed E-state index contributed by atoms with van der Waals surface area (Å²) in [6.07, 6.45) is 0. The summed E-state index contributed by atoms with van der Waals surface area (Å²) < 4.78 is 48.7. The lowest BCUT2D eigenvalue weighted by atomic mass is 10.3. The minimum atomic E-state index is -4.29. The van der Waals surface area contributed by atoms with Crippen LogP contribution in [0.25, 0.3) is 0 Å². The second kappa shape index (κ2) is 4.81. The third-order valence-corrected chi connectivity index (χ3v) is 3.32. The molecule has 0 spiro atoms. The summed E-state index contributed by atoms with van der Waals surface area (Å²) in [7, 11) is -4.29. The van der Waals surface area contributed by atoms with E-state index >= 15 is 0 Å². The summed E-state index contributed by atoms with van der Waals surface area (Å²) in [5.41, 5.74) is 4.67. The van der Waals surface area contributed by atoms with E-state index in [1.165, 1.54) is 4.72 Å². The predicted octanol–water partition coefficient (Wildman–Crippen LogP) is -1.03. The van der Waals surface area contributed by atoms with Crippen LogP contribution in [-0.4, -0.2) is 43.8 Å². The molecule has 0 aliphatic rings. The lowest BCUT2D eigenvalue weighted by Gasteiger charge is -2.16. The Morgan fingerprint density at radius 3 is 2.40 bits per heavy atom. The van der Waals surface area contributed by atoms with Crippen molar-refractivity contribution >= 4 is 16.0 Å². The molecule has 0 heterocycles. The van der Waals surface area contributed by atoms with Crippen LogP contribution in [0.2, 0.25) is 0 Å². The number of sulfonamides is 1. The van der Waals surface area contributed by atoms with E-state index in [4.69, 9.17) is 5.11 Å². The van der Waals surface area contributed by atoms with Crippen molar-refractivity contribution < 1.29 is 27.1 Å². The van der Waals surface area contributed by atoms with Crippen molar-refractivity contribution in [3.05, 3.63) is 0 Å². The number of nitrogens with two attached hydrogens (primary N) is 1. The van der Waals surface area contributed by atoms with Gasteiger partial charge in [0.25, 0.3) is 5.92 Å². The average Bonchev–Trinajstić information content (AvgIpc) is 2.14. The second-order valence-electron chi connectivity index (χ2n) is 2.91. The van der Waals surface area contributed by atoms with Crippen LogP contribution in [0.4, 0.5) is 8.78 Å². The van der Waals surface area contributed by atoms with Crippen molar-refractivity contribution in [1.82, 2.24) is 4.72 Å². The third kappa shape index (κ3) is 4.49. The molecule has 0 saturated heterocycles. The maximum absolute atomic E-state index is 12.5. The van der Waals surface area contributed by atoms with Crippen LogP contribution >= 0.6 is 0 Å². The quantitative estimate of drug-likeness (QED) is 0.555. The highest BCUT2D eigenvalue weighted by Crippen LogP contribution is 2.10. The van der Waals surface area contributed by atoms with Crippen molar-refractivity contribution in [2.45, 2.75) is 18.1 Å². The van der Waals surface area contributed by atoms with Gasteiger partial charge in [0.1, 0.15) is 0 Å². The van der Waals surface area contributed by atoms with Gasteiger partial charge in [-0.25, -0.2) is 21.9 Å². The number of carboxylic acid groups (broad SMARTS) is 1. The fourth-order valence-electron chi connectivity index (χ4n) is 0.536. The van der Waals surface area contributed by atoms with Crippen LogP contribution in [0.5, 0.6) is 0 Å². The number of hydrogen-bond donors (Lipinski definition) is 3. The number of alkyl halides is 2. The normalized spacial score (nSPS) is 14.9. The largest absolute Gasteiger partial charge is 0.480 e. The van der Waals surface area contributed by atoms with E-state index in [0.717, 1.165) is 6.92 Å². The zero-order valence-electron chi connectivity index (χ0n) is 7.91. The molecule has 0 amide bonds. The maximum Gasteiger partial charge on any atom is 0.323 e. The molecule has 9 heteroatoms. The van der Waals surface area contributed by atoms with Gasteiger partial charge in [-0.05, 0) is 6.92 Å². The Hall–Kier alpha value is -0.800. The van der Waals surface area contributed by atoms with Gasteiger partial charge in [0.2, 0.25) is 10.0 Å². The van der Waals surface area contributed by atoms with E-state index in [1.807, 2.05) is 0 Å². The van der Waals surface area contributed by atoms with E-state index in [9.17, 15) is 22.0 Å². The van der Waals surface area contributed by atoms with E-state index in [-0.39, 0.29) is 0 Å². The zero-order valence-corrected chi connectivity index (χ0v) is 8.72. The van der Waals surface area contributed by atoms with Gasteiger partial charge in [0.15, 0.2) is 5.25 Å². The van der Waals surface area contributed by atoms with Gasteiger partial charge in [-0.1, -0.05) is 0 Å². The molecule has 0 aromatic heterocycles. The Balaban J connectivity index is 4.48. The molecule has 1 atom stereocenters. The Labute approximate surface area is 85.5 Å². The Kier molecular flexibility index (Phi) is 4.56. The van der Waals surface area contributed by atoms with Crippen molar-refractivity contribution in [2.75, 3.05) is 13.1 Å². The van der Waals surface area contributed by atoms with Gasteiger partial charge in [-0.2, -0.15) is 0 Å². The van der Waals surface area contributed by atoms with E-state index in [1.54, 1.807) is 0 Å². The summed E-state index contributed by atoms with van der Waals surface area (Å²) in [6.45, 7) is -1.34. The molecule has 0 saturated carbocycles. The van der Waals surface area contributed by atoms with Crippen molar-refractivity contribution in [3.8, 4) is 0 Å². The minimum absolute atomic E-state index is 0.880. The summed E-state index contributed by atoms with van der Waals surface area (Å²) in [5, 5.41) is 6.59. The molecule has 0 aliphatic heterocycles. The molecule has 6 nitrogen and oxygen atoms in total. The topological polar surface area (TPSA) is 109 Å². The highest BCUT2D eigenvalue weighted by atomic mass is 32.2. The molecular weight excluding hydrogens is 234 g/mol. The second-order valence-corrected chi connectivity index (χ2v) is 4.99.